The maximum absolute atomic E-state index is 13.8. The number of amides is 1. The molecule has 2 heterocycles. The Morgan fingerprint density at radius 2 is 2.03 bits per heavy atom. The fourth-order valence-electron chi connectivity index (χ4n) is 3.30. The minimum atomic E-state index is -4.78. The van der Waals surface area contributed by atoms with Crippen molar-refractivity contribution in [1.82, 2.24) is 14.9 Å². The van der Waals surface area contributed by atoms with Crippen molar-refractivity contribution in [3.8, 4) is 5.88 Å². The van der Waals surface area contributed by atoms with E-state index in [1.807, 2.05) is 20.8 Å². The molecule has 1 fully saturated rings. The Labute approximate surface area is 183 Å². The lowest BCUT2D eigenvalue weighted by Gasteiger charge is -2.33. The Hall–Kier alpha value is -2.75. The molecule has 0 bridgehead atoms. The van der Waals surface area contributed by atoms with Gasteiger partial charge < -0.3 is 14.4 Å². The first-order valence-electron chi connectivity index (χ1n) is 10.3. The number of hydrogen-bond donors (Lipinski definition) is 0. The number of morpholine rings is 1. The first kappa shape index (κ1) is 23.9. The molecule has 0 spiro atoms. The summed E-state index contributed by atoms with van der Waals surface area (Å²) in [4.78, 5) is 22.9. The number of hydrogen-bond acceptors (Lipinski definition) is 5. The fourth-order valence-corrected chi connectivity index (χ4v) is 3.30. The van der Waals surface area contributed by atoms with Gasteiger partial charge in [0.25, 0.3) is 0 Å². The van der Waals surface area contributed by atoms with Gasteiger partial charge >= 0.3 is 6.18 Å². The van der Waals surface area contributed by atoms with Crippen LogP contribution in [0.1, 0.15) is 42.4 Å². The van der Waals surface area contributed by atoms with Crippen LogP contribution >= 0.6 is 0 Å². The smallest absolute Gasteiger partial charge is 0.419 e. The van der Waals surface area contributed by atoms with E-state index in [2.05, 4.69) is 9.97 Å². The van der Waals surface area contributed by atoms with Gasteiger partial charge in [-0.2, -0.15) is 18.2 Å². The predicted molar refractivity (Wildman–Crippen MR) is 108 cm³/mol. The van der Waals surface area contributed by atoms with Gasteiger partial charge in [0.15, 0.2) is 0 Å². The number of aryl methyl sites for hydroxylation is 1. The average molecular weight is 455 g/mol. The third-order valence-corrected chi connectivity index (χ3v) is 4.97. The van der Waals surface area contributed by atoms with Crippen LogP contribution in [0.3, 0.4) is 0 Å². The van der Waals surface area contributed by atoms with Crippen LogP contribution < -0.4 is 4.74 Å². The van der Waals surface area contributed by atoms with Crippen molar-refractivity contribution < 1.29 is 31.8 Å². The number of aromatic nitrogens is 2. The molecule has 0 saturated carbocycles. The molecule has 1 amide bonds. The molecule has 174 valence electrons. The van der Waals surface area contributed by atoms with Crippen molar-refractivity contribution in [3.63, 3.8) is 0 Å². The van der Waals surface area contributed by atoms with Crippen molar-refractivity contribution in [1.29, 1.82) is 0 Å². The Morgan fingerprint density at radius 3 is 2.69 bits per heavy atom. The number of benzene rings is 1. The van der Waals surface area contributed by atoms with E-state index in [0.29, 0.717) is 30.9 Å². The van der Waals surface area contributed by atoms with E-state index < -0.39 is 23.7 Å². The molecule has 0 radical (unpaired) electrons. The van der Waals surface area contributed by atoms with Gasteiger partial charge in [-0.05, 0) is 24.6 Å². The zero-order valence-corrected chi connectivity index (χ0v) is 18.1. The molecule has 6 nitrogen and oxygen atoms in total. The molecule has 3 rings (SSSR count). The largest absolute Gasteiger partial charge is 0.475 e. The highest BCUT2D eigenvalue weighted by Crippen LogP contribution is 2.31. The van der Waals surface area contributed by atoms with Crippen molar-refractivity contribution in [3.05, 3.63) is 52.7 Å². The first-order valence-corrected chi connectivity index (χ1v) is 10.3. The molecular formula is C22H25F4N3O3. The lowest BCUT2D eigenvalue weighted by molar-refractivity contribution is -0.140. The van der Waals surface area contributed by atoms with Crippen LogP contribution in [-0.4, -0.2) is 53.2 Å². The van der Waals surface area contributed by atoms with E-state index in [9.17, 15) is 22.4 Å². The molecule has 0 N–H and O–H groups in total. The van der Waals surface area contributed by atoms with E-state index in [4.69, 9.17) is 9.47 Å². The zero-order chi connectivity index (χ0) is 23.5. The van der Waals surface area contributed by atoms with Gasteiger partial charge in [0.1, 0.15) is 24.4 Å². The van der Waals surface area contributed by atoms with Gasteiger partial charge in [0.05, 0.1) is 25.1 Å². The van der Waals surface area contributed by atoms with E-state index in [1.165, 1.54) is 4.90 Å². The minimum Gasteiger partial charge on any atom is -0.475 e. The second-order valence-corrected chi connectivity index (χ2v) is 7.99. The summed E-state index contributed by atoms with van der Waals surface area (Å²) < 4.78 is 63.3. The van der Waals surface area contributed by atoms with Gasteiger partial charge in [-0.3, -0.25) is 4.79 Å². The molecule has 1 aromatic carbocycles. The van der Waals surface area contributed by atoms with E-state index in [1.54, 1.807) is 6.07 Å². The van der Waals surface area contributed by atoms with Gasteiger partial charge in [-0.25, -0.2) is 9.37 Å². The molecular weight excluding hydrogens is 430 g/mol. The number of ether oxygens (including phenoxy) is 2. The Morgan fingerprint density at radius 1 is 1.28 bits per heavy atom. The monoisotopic (exact) mass is 455 g/mol. The number of carbonyl (C=O) groups is 1. The summed E-state index contributed by atoms with van der Waals surface area (Å²) >= 11 is 0. The average Bonchev–Trinajstić information content (AvgIpc) is 2.71. The number of carbonyl (C=O) groups excluding carboxylic acids is 1. The molecule has 32 heavy (non-hydrogen) atoms. The Bertz CT molecular complexity index is 966. The summed E-state index contributed by atoms with van der Waals surface area (Å²) in [6.07, 6.45) is -5.37. The van der Waals surface area contributed by atoms with Crippen molar-refractivity contribution in [2.45, 2.75) is 45.4 Å². The molecule has 1 aromatic heterocycles. The van der Waals surface area contributed by atoms with Gasteiger partial charge in [-0.1, -0.05) is 19.9 Å². The summed E-state index contributed by atoms with van der Waals surface area (Å²) in [6.45, 7) is 6.87. The minimum absolute atomic E-state index is 0.145. The fraction of sp³-hybridized carbons (Fsp3) is 0.500. The second kappa shape index (κ2) is 9.81. The van der Waals surface area contributed by atoms with Crippen LogP contribution in [-0.2, 0) is 22.1 Å². The lowest BCUT2D eigenvalue weighted by atomic mass is 10.1. The highest BCUT2D eigenvalue weighted by atomic mass is 19.4. The van der Waals surface area contributed by atoms with Crippen LogP contribution in [0.5, 0.6) is 5.88 Å². The highest BCUT2D eigenvalue weighted by molar-refractivity contribution is 5.79. The summed E-state index contributed by atoms with van der Waals surface area (Å²) in [7, 11) is 0. The standard InChI is InChI=1S/C22H25F4N3O3/c1-13(2)21-27-14(3)8-19(28-21)32-12-16-11-29(6-7-31-16)20(30)10-15-4-5-17(18(23)9-15)22(24,25)26/h4-5,8-9,13,16H,6-7,10-12H2,1-3H3. The van der Waals surface area contributed by atoms with Crippen molar-refractivity contribution >= 4 is 5.91 Å². The number of alkyl halides is 3. The van der Waals surface area contributed by atoms with Crippen LogP contribution in [0.4, 0.5) is 17.6 Å². The van der Waals surface area contributed by atoms with Gasteiger partial charge in [-0.15, -0.1) is 0 Å². The topological polar surface area (TPSA) is 64.5 Å². The Kier molecular flexibility index (Phi) is 7.33. The maximum atomic E-state index is 13.8. The number of nitrogens with zero attached hydrogens (tertiary/aromatic N) is 3. The van der Waals surface area contributed by atoms with Gasteiger partial charge in [0, 0.05) is 24.2 Å². The molecule has 1 aliphatic heterocycles. The van der Waals surface area contributed by atoms with Crippen molar-refractivity contribution in [2.75, 3.05) is 26.3 Å². The van der Waals surface area contributed by atoms with Crippen molar-refractivity contribution in [2.24, 2.45) is 0 Å². The number of halogens is 4. The molecule has 1 saturated heterocycles. The zero-order valence-electron chi connectivity index (χ0n) is 18.1. The SMILES string of the molecule is Cc1cc(OCC2CN(C(=O)Cc3ccc(C(F)(F)F)c(F)c3)CCO2)nc(C(C)C)n1. The molecule has 10 heteroatoms. The van der Waals surface area contributed by atoms with Crippen LogP contribution in [0.2, 0.25) is 0 Å². The summed E-state index contributed by atoms with van der Waals surface area (Å²) in [5.74, 6) is -0.473. The third kappa shape index (κ3) is 6.15. The summed E-state index contributed by atoms with van der Waals surface area (Å²) in [5, 5.41) is 0. The van der Waals surface area contributed by atoms with Crippen LogP contribution in [0, 0.1) is 12.7 Å². The van der Waals surface area contributed by atoms with E-state index >= 15 is 0 Å². The maximum Gasteiger partial charge on any atom is 0.419 e. The van der Waals surface area contributed by atoms with Crippen LogP contribution in [0.25, 0.3) is 0 Å². The predicted octanol–water partition coefficient (Wildman–Crippen LogP) is 3.92. The van der Waals surface area contributed by atoms with E-state index in [-0.39, 0.29) is 37.0 Å². The highest BCUT2D eigenvalue weighted by Gasteiger charge is 2.34. The van der Waals surface area contributed by atoms with Crippen LogP contribution in [0.15, 0.2) is 24.3 Å². The molecule has 1 atom stereocenters. The lowest BCUT2D eigenvalue weighted by Crippen LogP contribution is -2.48. The number of rotatable bonds is 6. The molecule has 0 aliphatic carbocycles. The normalized spacial score (nSPS) is 17.0. The molecule has 1 unspecified atom stereocenters. The second-order valence-electron chi connectivity index (χ2n) is 7.99. The summed E-state index contributed by atoms with van der Waals surface area (Å²) in [6, 6.07) is 4.25. The van der Waals surface area contributed by atoms with E-state index in [0.717, 1.165) is 17.8 Å². The quantitative estimate of drug-likeness (QED) is 0.618. The molecule has 2 aromatic rings. The third-order valence-electron chi connectivity index (χ3n) is 4.97. The molecule has 1 aliphatic rings. The Balaban J connectivity index is 1.58. The van der Waals surface area contributed by atoms with Gasteiger partial charge in [0.2, 0.25) is 11.8 Å². The summed E-state index contributed by atoms with van der Waals surface area (Å²) in [5.41, 5.74) is -0.390. The first-order chi connectivity index (χ1) is 15.0.